The Labute approximate surface area is 118 Å². The minimum absolute atomic E-state index is 0.166. The Hall–Kier alpha value is -2.24. The van der Waals surface area contributed by atoms with Gasteiger partial charge in [0.2, 0.25) is 0 Å². The number of rotatable bonds is 4. The smallest absolute Gasteiger partial charge is 0.318 e. The van der Waals surface area contributed by atoms with E-state index < -0.39 is 0 Å². The number of nitrogens with one attached hydrogen (secondary N) is 2. The summed E-state index contributed by atoms with van der Waals surface area (Å²) in [5.41, 5.74) is 0.973. The second kappa shape index (κ2) is 5.81. The number of imidazole rings is 1. The predicted molar refractivity (Wildman–Crippen MR) is 75.2 cm³/mol. The lowest BCUT2D eigenvalue weighted by molar-refractivity contribution is 0.199. The number of hydrogen-bond donors (Lipinski definition) is 2. The summed E-state index contributed by atoms with van der Waals surface area (Å²) in [5.74, 6) is 2.35. The highest BCUT2D eigenvalue weighted by atomic mass is 16.3. The monoisotopic (exact) mass is 276 g/mol. The van der Waals surface area contributed by atoms with Gasteiger partial charge in [-0.3, -0.25) is 0 Å². The van der Waals surface area contributed by atoms with Crippen LogP contribution in [-0.4, -0.2) is 27.9 Å². The van der Waals surface area contributed by atoms with Crippen molar-refractivity contribution in [2.45, 2.75) is 33.4 Å². The minimum atomic E-state index is -0.169. The van der Waals surface area contributed by atoms with Crippen LogP contribution in [0.4, 0.5) is 4.79 Å². The summed E-state index contributed by atoms with van der Waals surface area (Å²) in [7, 11) is 1.73. The van der Waals surface area contributed by atoms with E-state index in [0.717, 1.165) is 23.0 Å². The standard InChI is InChI=1S/C14H20N4O2/c1-9-7-15-13(16-9)11(3)17-14(19)18(4)8-12-6-5-10(2)20-12/h5-7,11H,8H2,1-4H3,(H,15,16)(H,17,19)/t11-/m1/s1. The Morgan fingerprint density at radius 1 is 1.50 bits per heavy atom. The van der Waals surface area contributed by atoms with Crippen molar-refractivity contribution in [3.05, 3.63) is 41.4 Å². The Morgan fingerprint density at radius 2 is 2.25 bits per heavy atom. The van der Waals surface area contributed by atoms with Gasteiger partial charge in [0.25, 0.3) is 0 Å². The molecule has 0 saturated carbocycles. The maximum Gasteiger partial charge on any atom is 0.318 e. The maximum atomic E-state index is 12.1. The van der Waals surface area contributed by atoms with E-state index >= 15 is 0 Å². The lowest BCUT2D eigenvalue weighted by Crippen LogP contribution is -2.38. The zero-order chi connectivity index (χ0) is 14.7. The van der Waals surface area contributed by atoms with E-state index in [2.05, 4.69) is 15.3 Å². The maximum absolute atomic E-state index is 12.1. The summed E-state index contributed by atoms with van der Waals surface area (Å²) in [6.07, 6.45) is 1.74. The fourth-order valence-corrected chi connectivity index (χ4v) is 1.89. The van der Waals surface area contributed by atoms with E-state index in [1.165, 1.54) is 0 Å². The van der Waals surface area contributed by atoms with Crippen LogP contribution in [0.1, 0.15) is 36.0 Å². The molecule has 0 fully saturated rings. The van der Waals surface area contributed by atoms with Crippen LogP contribution in [0, 0.1) is 13.8 Å². The van der Waals surface area contributed by atoms with Gasteiger partial charge >= 0.3 is 6.03 Å². The van der Waals surface area contributed by atoms with Crippen LogP contribution < -0.4 is 5.32 Å². The van der Waals surface area contributed by atoms with Gasteiger partial charge in [0, 0.05) is 18.9 Å². The molecule has 6 nitrogen and oxygen atoms in total. The molecule has 0 aliphatic carbocycles. The summed E-state index contributed by atoms with van der Waals surface area (Å²) in [4.78, 5) is 21.0. The fraction of sp³-hybridized carbons (Fsp3) is 0.429. The normalized spacial score (nSPS) is 12.2. The molecule has 0 bridgehead atoms. The van der Waals surface area contributed by atoms with Gasteiger partial charge in [0.1, 0.15) is 17.3 Å². The molecule has 0 saturated heterocycles. The number of furan rings is 1. The largest absolute Gasteiger partial charge is 0.464 e. The van der Waals surface area contributed by atoms with E-state index in [1.807, 2.05) is 32.9 Å². The molecule has 0 aliphatic rings. The number of aromatic nitrogens is 2. The number of carbonyl (C=O) groups excluding carboxylic acids is 1. The molecule has 2 N–H and O–H groups in total. The van der Waals surface area contributed by atoms with Gasteiger partial charge < -0.3 is 19.6 Å². The van der Waals surface area contributed by atoms with Crippen LogP contribution in [0.2, 0.25) is 0 Å². The Kier molecular flexibility index (Phi) is 4.12. The summed E-state index contributed by atoms with van der Waals surface area (Å²) in [5, 5.41) is 2.89. The summed E-state index contributed by atoms with van der Waals surface area (Å²) < 4.78 is 5.46. The van der Waals surface area contributed by atoms with Crippen LogP contribution in [-0.2, 0) is 6.54 Å². The number of nitrogens with zero attached hydrogens (tertiary/aromatic N) is 2. The van der Waals surface area contributed by atoms with Crippen molar-refractivity contribution >= 4 is 6.03 Å². The SMILES string of the molecule is Cc1cnc([C@@H](C)NC(=O)N(C)Cc2ccc(C)o2)[nH]1. The van der Waals surface area contributed by atoms with E-state index in [-0.39, 0.29) is 12.1 Å². The second-order valence-corrected chi connectivity index (χ2v) is 4.99. The van der Waals surface area contributed by atoms with Crippen molar-refractivity contribution in [1.82, 2.24) is 20.2 Å². The number of aromatic amines is 1. The van der Waals surface area contributed by atoms with Crippen LogP contribution >= 0.6 is 0 Å². The molecule has 1 atom stereocenters. The lowest BCUT2D eigenvalue weighted by Gasteiger charge is -2.19. The molecule has 0 aliphatic heterocycles. The summed E-state index contributed by atoms with van der Waals surface area (Å²) in [6, 6.07) is 3.42. The highest BCUT2D eigenvalue weighted by Gasteiger charge is 2.16. The van der Waals surface area contributed by atoms with Crippen molar-refractivity contribution in [2.24, 2.45) is 0 Å². The van der Waals surface area contributed by atoms with Crippen LogP contribution in [0.15, 0.2) is 22.7 Å². The third kappa shape index (κ3) is 3.40. The van der Waals surface area contributed by atoms with E-state index in [9.17, 15) is 4.79 Å². The van der Waals surface area contributed by atoms with Gasteiger partial charge in [0.05, 0.1) is 12.6 Å². The van der Waals surface area contributed by atoms with Crippen LogP contribution in [0.25, 0.3) is 0 Å². The van der Waals surface area contributed by atoms with Gasteiger partial charge in [-0.1, -0.05) is 0 Å². The zero-order valence-electron chi connectivity index (χ0n) is 12.2. The molecule has 2 amide bonds. The molecule has 0 radical (unpaired) electrons. The summed E-state index contributed by atoms with van der Waals surface area (Å²) in [6.45, 7) is 6.13. The van der Waals surface area contributed by atoms with Crippen molar-refractivity contribution < 1.29 is 9.21 Å². The highest BCUT2D eigenvalue weighted by Crippen LogP contribution is 2.11. The molecule has 0 spiro atoms. The lowest BCUT2D eigenvalue weighted by atomic mass is 10.3. The topological polar surface area (TPSA) is 74.2 Å². The molecule has 0 aromatic carbocycles. The fourth-order valence-electron chi connectivity index (χ4n) is 1.89. The third-order valence-corrected chi connectivity index (χ3v) is 3.01. The van der Waals surface area contributed by atoms with Crippen molar-refractivity contribution in [3.8, 4) is 0 Å². The quantitative estimate of drug-likeness (QED) is 0.901. The van der Waals surface area contributed by atoms with Gasteiger partial charge in [0.15, 0.2) is 0 Å². The minimum Gasteiger partial charge on any atom is -0.464 e. The molecule has 6 heteroatoms. The van der Waals surface area contributed by atoms with Gasteiger partial charge in [-0.25, -0.2) is 9.78 Å². The van der Waals surface area contributed by atoms with Gasteiger partial charge in [-0.15, -0.1) is 0 Å². The predicted octanol–water partition coefficient (Wildman–Crippen LogP) is 2.52. The first-order chi connectivity index (χ1) is 9.45. The number of H-pyrrole nitrogens is 1. The van der Waals surface area contributed by atoms with Crippen molar-refractivity contribution in [1.29, 1.82) is 0 Å². The van der Waals surface area contributed by atoms with Crippen LogP contribution in [0.5, 0.6) is 0 Å². The molecule has 2 rings (SSSR count). The molecule has 0 unspecified atom stereocenters. The molecule has 2 aromatic rings. The molecular weight excluding hydrogens is 256 g/mol. The second-order valence-electron chi connectivity index (χ2n) is 4.99. The van der Waals surface area contributed by atoms with E-state index in [1.54, 1.807) is 18.1 Å². The number of amides is 2. The number of hydrogen-bond acceptors (Lipinski definition) is 3. The van der Waals surface area contributed by atoms with Crippen molar-refractivity contribution in [2.75, 3.05) is 7.05 Å². The molecule has 20 heavy (non-hydrogen) atoms. The number of aryl methyl sites for hydroxylation is 2. The van der Waals surface area contributed by atoms with Crippen LogP contribution in [0.3, 0.4) is 0 Å². The Balaban J connectivity index is 1.90. The van der Waals surface area contributed by atoms with E-state index in [4.69, 9.17) is 4.42 Å². The molecule has 108 valence electrons. The van der Waals surface area contributed by atoms with Gasteiger partial charge in [-0.05, 0) is 32.9 Å². The van der Waals surface area contributed by atoms with Gasteiger partial charge in [-0.2, -0.15) is 0 Å². The average molecular weight is 276 g/mol. The average Bonchev–Trinajstić information content (AvgIpc) is 2.98. The molecule has 2 aromatic heterocycles. The van der Waals surface area contributed by atoms with E-state index in [0.29, 0.717) is 6.54 Å². The molecule has 2 heterocycles. The number of urea groups is 1. The highest BCUT2D eigenvalue weighted by molar-refractivity contribution is 5.74. The first kappa shape index (κ1) is 14.2. The number of carbonyl (C=O) groups is 1. The first-order valence-corrected chi connectivity index (χ1v) is 6.54. The first-order valence-electron chi connectivity index (χ1n) is 6.54. The Morgan fingerprint density at radius 3 is 2.80 bits per heavy atom. The van der Waals surface area contributed by atoms with Crippen molar-refractivity contribution in [3.63, 3.8) is 0 Å². The summed E-state index contributed by atoms with van der Waals surface area (Å²) >= 11 is 0. The Bertz CT molecular complexity index is 588. The third-order valence-electron chi connectivity index (χ3n) is 3.01. The molecular formula is C14H20N4O2. The zero-order valence-corrected chi connectivity index (χ0v) is 12.2.